The highest BCUT2D eigenvalue weighted by Crippen LogP contribution is 2.34. The van der Waals surface area contributed by atoms with Gasteiger partial charge in [-0.2, -0.15) is 0 Å². The predicted octanol–water partition coefficient (Wildman–Crippen LogP) is 16.0. The Hall–Kier alpha value is -9.02. The first-order chi connectivity index (χ1) is 35.3. The van der Waals surface area contributed by atoms with Crippen LogP contribution >= 0.6 is 0 Å². The van der Waals surface area contributed by atoms with E-state index >= 15 is 0 Å². The molecule has 0 unspecified atom stereocenters. The van der Waals surface area contributed by atoms with Crippen LogP contribution in [0.25, 0.3) is 45.6 Å². The Morgan fingerprint density at radius 3 is 0.685 bits per heavy atom. The molecule has 0 N–H and O–H groups in total. The number of hydrogen-bond donors (Lipinski definition) is 0. The summed E-state index contributed by atoms with van der Waals surface area (Å²) in [4.78, 5) is 30.7. The number of rotatable bonds is 14. The Morgan fingerprint density at radius 1 is 0.247 bits per heavy atom. The van der Waals surface area contributed by atoms with Crippen LogP contribution in [0.5, 0.6) is 46.0 Å². The second-order valence-corrected chi connectivity index (χ2v) is 18.8. The first kappa shape index (κ1) is 47.6. The van der Waals surface area contributed by atoms with Crippen LogP contribution in [0.1, 0.15) is 56.2 Å². The molecule has 10 aromatic rings. The summed E-state index contributed by atoms with van der Waals surface area (Å²) in [7, 11) is 0. The second kappa shape index (κ2) is 20.8. The van der Waals surface area contributed by atoms with Gasteiger partial charge in [0.25, 0.3) is 0 Å². The van der Waals surface area contributed by atoms with Gasteiger partial charge < -0.3 is 18.9 Å². The molecule has 0 aliphatic heterocycles. The van der Waals surface area contributed by atoms with E-state index in [4.69, 9.17) is 48.9 Å². The van der Waals surface area contributed by atoms with Gasteiger partial charge in [-0.25, -0.2) is 29.9 Å². The lowest BCUT2D eigenvalue weighted by atomic mass is 10.1. The maximum Gasteiger partial charge on any atom is 0.163 e. The van der Waals surface area contributed by atoms with Crippen molar-refractivity contribution in [2.75, 3.05) is 0 Å². The summed E-state index contributed by atoms with van der Waals surface area (Å²) in [6.45, 7) is 16.5. The van der Waals surface area contributed by atoms with Gasteiger partial charge in [0.15, 0.2) is 23.3 Å². The molecule has 10 rings (SSSR count). The molecule has 0 fully saturated rings. The van der Waals surface area contributed by atoms with Crippen LogP contribution in [0.4, 0.5) is 0 Å². The largest absolute Gasteiger partial charge is 0.457 e. The van der Waals surface area contributed by atoms with E-state index < -0.39 is 0 Å². The Bertz CT molecular complexity index is 3130. The summed E-state index contributed by atoms with van der Waals surface area (Å²) in [6.07, 6.45) is 0.139. The van der Waals surface area contributed by atoms with Crippen LogP contribution in [0.3, 0.4) is 0 Å². The zero-order chi connectivity index (χ0) is 50.6. The normalized spacial score (nSPS) is 11.1. The van der Waals surface area contributed by atoms with Crippen LogP contribution in [-0.4, -0.2) is 29.9 Å². The number of aryl methyl sites for hydroxylation is 8. The van der Waals surface area contributed by atoms with Crippen LogP contribution in [-0.2, 0) is 6.42 Å². The zero-order valence-electron chi connectivity index (χ0n) is 42.2. The van der Waals surface area contributed by atoms with Crippen molar-refractivity contribution in [2.45, 2.75) is 61.8 Å². The highest BCUT2D eigenvalue weighted by Gasteiger charge is 2.18. The Balaban J connectivity index is 1.07. The van der Waals surface area contributed by atoms with Crippen molar-refractivity contribution < 1.29 is 18.9 Å². The number of aromatic nitrogens is 6. The van der Waals surface area contributed by atoms with Gasteiger partial charge in [0.2, 0.25) is 0 Å². The van der Waals surface area contributed by atoms with Gasteiger partial charge in [0, 0.05) is 22.3 Å². The number of benzene rings is 8. The van der Waals surface area contributed by atoms with E-state index in [9.17, 15) is 0 Å². The van der Waals surface area contributed by atoms with Gasteiger partial charge in [-0.15, -0.1) is 0 Å². The van der Waals surface area contributed by atoms with Gasteiger partial charge in [0.1, 0.15) is 57.6 Å². The van der Waals surface area contributed by atoms with Crippen LogP contribution < -0.4 is 18.9 Å². The van der Waals surface area contributed by atoms with E-state index in [1.807, 2.05) is 146 Å². The van der Waals surface area contributed by atoms with E-state index in [0.29, 0.717) is 57.9 Å². The van der Waals surface area contributed by atoms with E-state index in [2.05, 4.69) is 79.7 Å². The van der Waals surface area contributed by atoms with Gasteiger partial charge in [0.05, 0.1) is 6.42 Å². The fourth-order valence-electron chi connectivity index (χ4n) is 8.96. The highest BCUT2D eigenvalue weighted by molar-refractivity contribution is 5.66. The molecule has 10 heteroatoms. The third kappa shape index (κ3) is 12.1. The number of hydrogen-bond acceptors (Lipinski definition) is 10. The molecule has 0 atom stereocenters. The molecule has 2 heterocycles. The molecule has 0 amide bonds. The molecule has 360 valence electrons. The summed E-state index contributed by atoms with van der Waals surface area (Å²) in [5.41, 5.74) is 11.9. The summed E-state index contributed by atoms with van der Waals surface area (Å²) < 4.78 is 25.7. The second-order valence-electron chi connectivity index (χ2n) is 18.8. The van der Waals surface area contributed by atoms with E-state index in [-0.39, 0.29) is 6.42 Å². The SMILES string of the molecule is Cc1cc(C)cc(Oc2cccc(-c3nc(Cc4nc(-c5cccc(Oc6cc(C)cc(C)c6)c5)nc(-c5cccc(Oc6cc(C)cc(C)c6)c5)n4)nc(-c4cccc(Oc5cc(C)cc(C)c5)c4)n3)c2)c1. The number of nitrogens with zero attached hydrogens (tertiary/aromatic N) is 6. The molecule has 0 bridgehead atoms. The zero-order valence-corrected chi connectivity index (χ0v) is 42.2. The van der Waals surface area contributed by atoms with Crippen molar-refractivity contribution in [1.82, 2.24) is 29.9 Å². The Kier molecular flexibility index (Phi) is 13.5. The third-order valence-corrected chi connectivity index (χ3v) is 11.8. The third-order valence-electron chi connectivity index (χ3n) is 11.8. The van der Waals surface area contributed by atoms with Crippen LogP contribution in [0, 0.1) is 55.4 Å². The number of ether oxygens (including phenoxy) is 4. The minimum atomic E-state index is 0.139. The van der Waals surface area contributed by atoms with Crippen molar-refractivity contribution in [3.05, 3.63) is 226 Å². The summed E-state index contributed by atoms with van der Waals surface area (Å²) in [5, 5.41) is 0. The maximum atomic E-state index is 6.41. The van der Waals surface area contributed by atoms with Crippen molar-refractivity contribution in [2.24, 2.45) is 0 Å². The topological polar surface area (TPSA) is 114 Å². The lowest BCUT2D eigenvalue weighted by molar-refractivity contribution is 0.481. The minimum absolute atomic E-state index is 0.139. The average molecular weight is 959 g/mol. The smallest absolute Gasteiger partial charge is 0.163 e. The van der Waals surface area contributed by atoms with Crippen molar-refractivity contribution >= 4 is 0 Å². The summed E-state index contributed by atoms with van der Waals surface area (Å²) in [5.74, 6) is 8.29. The molecule has 0 saturated heterocycles. The Morgan fingerprint density at radius 2 is 0.466 bits per heavy atom. The molecular weight excluding hydrogens is 905 g/mol. The van der Waals surface area contributed by atoms with Crippen molar-refractivity contribution in [3.63, 3.8) is 0 Å². The first-order valence-corrected chi connectivity index (χ1v) is 24.2. The summed E-state index contributed by atoms with van der Waals surface area (Å²) in [6, 6.07) is 55.8. The van der Waals surface area contributed by atoms with E-state index in [0.717, 1.165) is 89.8 Å². The lowest BCUT2D eigenvalue weighted by Crippen LogP contribution is -2.08. The fourth-order valence-corrected chi connectivity index (χ4v) is 8.96. The molecule has 8 aromatic carbocycles. The van der Waals surface area contributed by atoms with Gasteiger partial charge >= 0.3 is 0 Å². The molecule has 0 aliphatic rings. The van der Waals surface area contributed by atoms with Gasteiger partial charge in [-0.3, -0.25) is 0 Å². The maximum absolute atomic E-state index is 6.41. The standard InChI is InChI=1S/C63H54N6O4/c1-38-21-39(2)26-54(25-38)70-50-17-9-13-46(33-50)60-64-58(65-61(68-60)47-14-10-18-51(34-47)71-55-27-40(3)22-41(4)28-55)37-59-66-62(48-15-11-19-52(35-48)72-56-29-42(5)23-43(6)30-56)69-63(67-59)49-16-12-20-53(36-49)73-57-31-44(7)24-45(8)32-57/h9-36H,37H2,1-8H3. The molecule has 10 nitrogen and oxygen atoms in total. The molecule has 0 aliphatic carbocycles. The van der Waals surface area contributed by atoms with Crippen molar-refractivity contribution in [1.29, 1.82) is 0 Å². The molecule has 0 radical (unpaired) electrons. The van der Waals surface area contributed by atoms with Crippen LogP contribution in [0.2, 0.25) is 0 Å². The van der Waals surface area contributed by atoms with Crippen molar-refractivity contribution in [3.8, 4) is 91.5 Å². The quantitative estimate of drug-likeness (QED) is 0.104. The molecule has 0 saturated carbocycles. The Labute approximate surface area is 426 Å². The highest BCUT2D eigenvalue weighted by atomic mass is 16.5. The van der Waals surface area contributed by atoms with Gasteiger partial charge in [-0.05, 0) is 197 Å². The van der Waals surface area contributed by atoms with Gasteiger partial charge in [-0.1, -0.05) is 72.8 Å². The fraction of sp³-hybridized carbons (Fsp3) is 0.143. The first-order valence-electron chi connectivity index (χ1n) is 24.2. The molecule has 73 heavy (non-hydrogen) atoms. The molecule has 0 spiro atoms. The summed E-state index contributed by atoms with van der Waals surface area (Å²) >= 11 is 0. The minimum Gasteiger partial charge on any atom is -0.457 e. The van der Waals surface area contributed by atoms with E-state index in [1.54, 1.807) is 0 Å². The van der Waals surface area contributed by atoms with E-state index in [1.165, 1.54) is 0 Å². The average Bonchev–Trinajstić information content (AvgIpc) is 3.33. The van der Waals surface area contributed by atoms with Crippen LogP contribution in [0.15, 0.2) is 170 Å². The molecule has 2 aromatic heterocycles. The molecular formula is C63H54N6O4. The predicted molar refractivity (Wildman–Crippen MR) is 288 cm³/mol. The lowest BCUT2D eigenvalue weighted by Gasteiger charge is -2.13. The monoisotopic (exact) mass is 958 g/mol.